The summed E-state index contributed by atoms with van der Waals surface area (Å²) >= 11 is 0. The predicted molar refractivity (Wildman–Crippen MR) is 147 cm³/mol. The first-order valence-corrected chi connectivity index (χ1v) is 14.1. The zero-order chi connectivity index (χ0) is 30.5. The van der Waals surface area contributed by atoms with Gasteiger partial charge in [0.25, 0.3) is 11.8 Å². The largest absolute Gasteiger partial charge is 0.483 e. The smallest absolute Gasteiger partial charge is 0.274 e. The van der Waals surface area contributed by atoms with Crippen molar-refractivity contribution in [1.82, 2.24) is 14.8 Å². The molecule has 43 heavy (non-hydrogen) atoms. The molecule has 3 aliphatic rings. The van der Waals surface area contributed by atoms with Crippen LogP contribution in [0.5, 0.6) is 5.75 Å². The topological polar surface area (TPSA) is 99.1 Å². The van der Waals surface area contributed by atoms with Gasteiger partial charge in [0.15, 0.2) is 17.7 Å². The van der Waals surface area contributed by atoms with E-state index in [1.807, 2.05) is 13.0 Å². The van der Waals surface area contributed by atoms with E-state index in [0.29, 0.717) is 25.0 Å². The van der Waals surface area contributed by atoms with Crippen molar-refractivity contribution >= 4 is 11.8 Å². The Morgan fingerprint density at radius 3 is 2.51 bits per heavy atom. The van der Waals surface area contributed by atoms with Gasteiger partial charge in [0.2, 0.25) is 5.43 Å². The van der Waals surface area contributed by atoms with Gasteiger partial charge in [-0.3, -0.25) is 14.4 Å². The lowest BCUT2D eigenvalue weighted by atomic mass is 9.89. The Hall–Kier alpha value is -4.16. The van der Waals surface area contributed by atoms with Crippen LogP contribution in [0.2, 0.25) is 0 Å². The summed E-state index contributed by atoms with van der Waals surface area (Å²) in [6.07, 6.45) is 1.96. The molecule has 6 rings (SSSR count). The molecule has 3 aliphatic heterocycles. The van der Waals surface area contributed by atoms with Gasteiger partial charge in [-0.1, -0.05) is 30.3 Å². The Bertz CT molecular complexity index is 1620. The average Bonchev–Trinajstić information content (AvgIpc) is 3.30. The first-order chi connectivity index (χ1) is 20.6. The number of carbonyl (C=O) groups excluding carboxylic acids is 2. The quantitative estimate of drug-likeness (QED) is 0.460. The van der Waals surface area contributed by atoms with E-state index >= 15 is 0 Å². The molecule has 1 N–H and O–H groups in total. The summed E-state index contributed by atoms with van der Waals surface area (Å²) in [7, 11) is 0. The third kappa shape index (κ3) is 5.18. The Kier molecular flexibility index (Phi) is 7.51. The van der Waals surface area contributed by atoms with Crippen LogP contribution in [-0.2, 0) is 22.6 Å². The maximum Gasteiger partial charge on any atom is 0.274 e. The SMILES string of the molecule is CC1CC[C@]2(CO[C@H](C)O2)C2CN1C(=O)c1c(OCc3ccccc3)c(=O)c(C(=O)NCc3c(F)cc(F)cc3F)cn12. The van der Waals surface area contributed by atoms with E-state index in [4.69, 9.17) is 14.2 Å². The number of amides is 2. The van der Waals surface area contributed by atoms with Crippen LogP contribution in [0.4, 0.5) is 13.2 Å². The minimum absolute atomic E-state index is 0.0133. The molecule has 4 atom stereocenters. The summed E-state index contributed by atoms with van der Waals surface area (Å²) in [6.45, 7) is 3.49. The van der Waals surface area contributed by atoms with Crippen LogP contribution in [-0.4, -0.2) is 52.4 Å². The zero-order valence-electron chi connectivity index (χ0n) is 23.6. The number of aromatic nitrogens is 1. The second-order valence-corrected chi connectivity index (χ2v) is 11.2. The fourth-order valence-corrected chi connectivity index (χ4v) is 6.12. The van der Waals surface area contributed by atoms with E-state index < -0.39 is 70.3 Å². The molecule has 2 aromatic carbocycles. The number of rotatable bonds is 6. The maximum atomic E-state index is 14.3. The van der Waals surface area contributed by atoms with Crippen molar-refractivity contribution in [3.05, 3.63) is 98.7 Å². The normalized spacial score (nSPS) is 24.5. The Labute approximate surface area is 245 Å². The Morgan fingerprint density at radius 1 is 1.12 bits per heavy atom. The van der Waals surface area contributed by atoms with Crippen LogP contribution in [0.15, 0.2) is 53.5 Å². The molecule has 1 spiro atoms. The fraction of sp³-hybridized carbons (Fsp3) is 0.387. The fourth-order valence-electron chi connectivity index (χ4n) is 6.12. The predicted octanol–water partition coefficient (Wildman–Crippen LogP) is 4.09. The summed E-state index contributed by atoms with van der Waals surface area (Å²) in [5.41, 5.74) is -1.95. The highest BCUT2D eigenvalue weighted by molar-refractivity contribution is 5.99. The summed E-state index contributed by atoms with van der Waals surface area (Å²) < 4.78 is 61.6. The minimum atomic E-state index is -1.18. The van der Waals surface area contributed by atoms with Crippen LogP contribution in [0.3, 0.4) is 0 Å². The number of ether oxygens (including phenoxy) is 3. The van der Waals surface area contributed by atoms with Crippen molar-refractivity contribution in [2.45, 2.75) is 63.8 Å². The second-order valence-electron chi connectivity index (χ2n) is 11.2. The van der Waals surface area contributed by atoms with Gasteiger partial charge in [0.1, 0.15) is 35.2 Å². The van der Waals surface area contributed by atoms with E-state index in [-0.39, 0.29) is 37.2 Å². The first kappa shape index (κ1) is 28.9. The number of fused-ring (bicyclic) bond motifs is 5. The lowest BCUT2D eigenvalue weighted by Crippen LogP contribution is -2.53. The van der Waals surface area contributed by atoms with Crippen molar-refractivity contribution in [2.75, 3.05) is 13.2 Å². The number of nitrogens with one attached hydrogen (secondary N) is 1. The first-order valence-electron chi connectivity index (χ1n) is 14.1. The average molecular weight is 598 g/mol. The lowest BCUT2D eigenvalue weighted by molar-refractivity contribution is -0.0988. The molecule has 2 unspecified atom stereocenters. The second kappa shape index (κ2) is 11.2. The summed E-state index contributed by atoms with van der Waals surface area (Å²) in [6, 6.07) is 9.31. The van der Waals surface area contributed by atoms with E-state index in [9.17, 15) is 27.6 Å². The van der Waals surface area contributed by atoms with Gasteiger partial charge in [-0.25, -0.2) is 13.2 Å². The number of pyridine rings is 1. The van der Waals surface area contributed by atoms with Crippen molar-refractivity contribution in [3.63, 3.8) is 0 Å². The van der Waals surface area contributed by atoms with Gasteiger partial charge in [-0.2, -0.15) is 0 Å². The number of benzene rings is 2. The van der Waals surface area contributed by atoms with Gasteiger partial charge in [0.05, 0.1) is 12.6 Å². The van der Waals surface area contributed by atoms with E-state index in [1.54, 1.807) is 40.7 Å². The van der Waals surface area contributed by atoms with Gasteiger partial charge in [-0.15, -0.1) is 0 Å². The molecule has 4 heterocycles. The molecule has 12 heteroatoms. The molecular weight excluding hydrogens is 567 g/mol. The standard InChI is InChI=1S/C31H30F3N3O6/c1-17-8-9-31(16-42-18(2)43-31)25-14-36(17)30(40)26-28(41-15-19-6-4-3-5-7-19)27(38)22(13-37(25)26)29(39)35-12-21-23(33)10-20(32)11-24(21)34/h3-7,10-11,13,17-18,25H,8-9,12,14-16H2,1-2H3,(H,35,39)/t17?,18-,25?,31-/m0/s1. The highest BCUT2D eigenvalue weighted by Crippen LogP contribution is 2.45. The van der Waals surface area contributed by atoms with Crippen LogP contribution in [0.1, 0.15) is 64.7 Å². The monoisotopic (exact) mass is 597 g/mol. The van der Waals surface area contributed by atoms with Crippen molar-refractivity contribution in [3.8, 4) is 5.75 Å². The number of nitrogens with zero attached hydrogens (tertiary/aromatic N) is 2. The zero-order valence-corrected chi connectivity index (χ0v) is 23.6. The Morgan fingerprint density at radius 2 is 1.84 bits per heavy atom. The maximum absolute atomic E-state index is 14.3. The van der Waals surface area contributed by atoms with Crippen LogP contribution in [0, 0.1) is 17.5 Å². The molecule has 1 aromatic heterocycles. The molecule has 2 bridgehead atoms. The molecule has 0 aliphatic carbocycles. The molecule has 2 fully saturated rings. The third-order valence-electron chi connectivity index (χ3n) is 8.45. The molecule has 2 amide bonds. The van der Waals surface area contributed by atoms with Gasteiger partial charge in [-0.05, 0) is 32.3 Å². The highest BCUT2D eigenvalue weighted by Gasteiger charge is 2.54. The van der Waals surface area contributed by atoms with Gasteiger partial charge < -0.3 is 29.0 Å². The lowest BCUT2D eigenvalue weighted by Gasteiger charge is -2.42. The Balaban J connectivity index is 1.45. The van der Waals surface area contributed by atoms with Crippen LogP contribution < -0.4 is 15.5 Å². The molecule has 0 saturated carbocycles. The van der Waals surface area contributed by atoms with Crippen molar-refractivity contribution in [1.29, 1.82) is 0 Å². The van der Waals surface area contributed by atoms with Crippen molar-refractivity contribution < 1.29 is 37.0 Å². The van der Waals surface area contributed by atoms with Crippen LogP contribution in [0.25, 0.3) is 0 Å². The van der Waals surface area contributed by atoms with E-state index in [1.165, 1.54) is 6.20 Å². The number of carbonyl (C=O) groups is 2. The van der Waals surface area contributed by atoms with Gasteiger partial charge >= 0.3 is 0 Å². The third-order valence-corrected chi connectivity index (χ3v) is 8.45. The number of halogens is 3. The number of hydrogen-bond donors (Lipinski definition) is 1. The molecule has 2 saturated heterocycles. The van der Waals surface area contributed by atoms with Crippen LogP contribution >= 0.6 is 0 Å². The summed E-state index contributed by atoms with van der Waals surface area (Å²) in [5, 5.41) is 2.36. The molecule has 226 valence electrons. The summed E-state index contributed by atoms with van der Waals surface area (Å²) in [4.78, 5) is 42.9. The molecule has 3 aromatic rings. The van der Waals surface area contributed by atoms with Gasteiger partial charge in [0, 0.05) is 43.0 Å². The summed E-state index contributed by atoms with van der Waals surface area (Å²) in [5.74, 6) is -5.15. The molecule has 0 radical (unpaired) electrons. The molecular formula is C31H30F3N3O6. The van der Waals surface area contributed by atoms with Crippen molar-refractivity contribution in [2.24, 2.45) is 0 Å². The van der Waals surface area contributed by atoms with E-state index in [2.05, 4.69) is 5.32 Å². The molecule has 9 nitrogen and oxygen atoms in total. The highest BCUT2D eigenvalue weighted by atomic mass is 19.1. The number of hydrogen-bond acceptors (Lipinski definition) is 6. The van der Waals surface area contributed by atoms with E-state index in [0.717, 1.165) is 5.56 Å². The minimum Gasteiger partial charge on any atom is -0.483 e.